The van der Waals surface area contributed by atoms with E-state index in [0.29, 0.717) is 12.1 Å². The van der Waals surface area contributed by atoms with Gasteiger partial charge in [0, 0.05) is 23.5 Å². The number of nitrogens with zero attached hydrogens (tertiary/aromatic N) is 1. The second-order valence-corrected chi connectivity index (χ2v) is 7.24. The fraction of sp³-hybridized carbons (Fsp3) is 0.115. The molecule has 3 aromatic carbocycles. The molecule has 0 unspecified atom stereocenters. The highest BCUT2D eigenvalue weighted by atomic mass is 19.1. The lowest BCUT2D eigenvalue weighted by atomic mass is 10.1. The molecular formula is C26H23FN2O2. The van der Waals surface area contributed by atoms with Gasteiger partial charge in [-0.25, -0.2) is 4.39 Å². The van der Waals surface area contributed by atoms with Gasteiger partial charge in [-0.15, -0.1) is 0 Å². The average Bonchev–Trinajstić information content (AvgIpc) is 3.16. The van der Waals surface area contributed by atoms with E-state index in [4.69, 9.17) is 4.74 Å². The van der Waals surface area contributed by atoms with Gasteiger partial charge in [-0.1, -0.05) is 42.5 Å². The van der Waals surface area contributed by atoms with E-state index in [0.717, 1.165) is 34.0 Å². The van der Waals surface area contributed by atoms with Crippen LogP contribution >= 0.6 is 0 Å². The lowest BCUT2D eigenvalue weighted by molar-refractivity contribution is 0.0950. The zero-order chi connectivity index (χ0) is 21.8. The molecule has 1 heterocycles. The maximum absolute atomic E-state index is 13.5. The highest BCUT2D eigenvalue weighted by Gasteiger charge is 2.20. The fourth-order valence-electron chi connectivity index (χ4n) is 3.63. The Morgan fingerprint density at radius 1 is 0.968 bits per heavy atom. The zero-order valence-electron chi connectivity index (χ0n) is 17.4. The van der Waals surface area contributed by atoms with Crippen LogP contribution < -0.4 is 10.1 Å². The van der Waals surface area contributed by atoms with Crippen molar-refractivity contribution in [1.29, 1.82) is 0 Å². The van der Waals surface area contributed by atoms with E-state index < -0.39 is 0 Å². The molecule has 0 aliphatic heterocycles. The topological polar surface area (TPSA) is 43.3 Å². The Labute approximate surface area is 180 Å². The van der Waals surface area contributed by atoms with E-state index in [1.54, 1.807) is 19.2 Å². The van der Waals surface area contributed by atoms with Crippen molar-refractivity contribution in [1.82, 2.24) is 9.88 Å². The van der Waals surface area contributed by atoms with Crippen LogP contribution in [0.3, 0.4) is 0 Å². The predicted octanol–water partition coefficient (Wildman–Crippen LogP) is 5.53. The van der Waals surface area contributed by atoms with Crippen molar-refractivity contribution in [3.8, 4) is 22.7 Å². The second kappa shape index (κ2) is 8.88. The maximum Gasteiger partial charge on any atom is 0.253 e. The van der Waals surface area contributed by atoms with E-state index in [9.17, 15) is 9.18 Å². The summed E-state index contributed by atoms with van der Waals surface area (Å²) in [5, 5.41) is 2.99. The number of ether oxygens (including phenoxy) is 1. The SMILES string of the molecule is COc1cccc(-c2cc(C(=O)NCc3ccccc3)c(C)n2-c2ccc(F)cc2)c1. The molecule has 4 nitrogen and oxygen atoms in total. The molecule has 1 aromatic heterocycles. The van der Waals surface area contributed by atoms with Crippen LogP contribution in [-0.2, 0) is 6.54 Å². The van der Waals surface area contributed by atoms with Gasteiger partial charge < -0.3 is 14.6 Å². The summed E-state index contributed by atoms with van der Waals surface area (Å²) in [6.07, 6.45) is 0. The molecule has 1 amide bonds. The maximum atomic E-state index is 13.5. The van der Waals surface area contributed by atoms with Crippen molar-refractivity contribution in [2.75, 3.05) is 7.11 Å². The van der Waals surface area contributed by atoms with Crippen molar-refractivity contribution in [3.05, 3.63) is 108 Å². The van der Waals surface area contributed by atoms with Crippen molar-refractivity contribution >= 4 is 5.91 Å². The molecule has 31 heavy (non-hydrogen) atoms. The average molecular weight is 414 g/mol. The Hall–Kier alpha value is -3.86. The van der Waals surface area contributed by atoms with Gasteiger partial charge >= 0.3 is 0 Å². The molecule has 0 bridgehead atoms. The summed E-state index contributed by atoms with van der Waals surface area (Å²) in [6, 6.07) is 25.5. The normalized spacial score (nSPS) is 10.7. The van der Waals surface area contributed by atoms with E-state index in [2.05, 4.69) is 5.32 Å². The number of nitrogens with one attached hydrogen (secondary N) is 1. The minimum absolute atomic E-state index is 0.161. The molecule has 0 fully saturated rings. The molecular weight excluding hydrogens is 391 g/mol. The number of hydrogen-bond acceptors (Lipinski definition) is 2. The first kappa shape index (κ1) is 20.4. The van der Waals surface area contributed by atoms with Gasteiger partial charge in [0.1, 0.15) is 11.6 Å². The number of hydrogen-bond donors (Lipinski definition) is 1. The molecule has 156 valence electrons. The first-order chi connectivity index (χ1) is 15.1. The summed E-state index contributed by atoms with van der Waals surface area (Å²) in [5.74, 6) is 0.251. The van der Waals surface area contributed by atoms with Crippen LogP contribution in [0.1, 0.15) is 21.6 Å². The summed E-state index contributed by atoms with van der Waals surface area (Å²) in [7, 11) is 1.62. The van der Waals surface area contributed by atoms with E-state index >= 15 is 0 Å². The predicted molar refractivity (Wildman–Crippen MR) is 120 cm³/mol. The zero-order valence-corrected chi connectivity index (χ0v) is 17.4. The molecule has 0 aliphatic carbocycles. The monoisotopic (exact) mass is 414 g/mol. The van der Waals surface area contributed by atoms with Crippen molar-refractivity contribution < 1.29 is 13.9 Å². The summed E-state index contributed by atoms with van der Waals surface area (Å²) in [4.78, 5) is 13.0. The number of methoxy groups -OCH3 is 1. The van der Waals surface area contributed by atoms with E-state index in [1.165, 1.54) is 12.1 Å². The van der Waals surface area contributed by atoms with Gasteiger partial charge in [0.2, 0.25) is 0 Å². The second-order valence-electron chi connectivity index (χ2n) is 7.24. The van der Waals surface area contributed by atoms with E-state index in [-0.39, 0.29) is 11.7 Å². The van der Waals surface area contributed by atoms with Crippen LogP contribution in [0.15, 0.2) is 84.9 Å². The van der Waals surface area contributed by atoms with Crippen LogP contribution in [0.2, 0.25) is 0 Å². The molecule has 0 atom stereocenters. The fourth-order valence-corrected chi connectivity index (χ4v) is 3.63. The summed E-state index contributed by atoms with van der Waals surface area (Å²) in [6.45, 7) is 2.33. The third-order valence-corrected chi connectivity index (χ3v) is 5.24. The van der Waals surface area contributed by atoms with Gasteiger partial charge in [0.05, 0.1) is 18.4 Å². The smallest absolute Gasteiger partial charge is 0.253 e. The third kappa shape index (κ3) is 4.36. The van der Waals surface area contributed by atoms with Crippen LogP contribution in [0.5, 0.6) is 5.75 Å². The molecule has 0 radical (unpaired) electrons. The lowest BCUT2D eigenvalue weighted by Gasteiger charge is -2.13. The molecule has 4 rings (SSSR count). The molecule has 0 saturated carbocycles. The van der Waals surface area contributed by atoms with Gasteiger partial charge in [0.25, 0.3) is 5.91 Å². The number of rotatable bonds is 6. The molecule has 0 spiro atoms. The highest BCUT2D eigenvalue weighted by molar-refractivity contribution is 5.97. The van der Waals surface area contributed by atoms with Crippen molar-refractivity contribution in [2.24, 2.45) is 0 Å². The summed E-state index contributed by atoms with van der Waals surface area (Å²) >= 11 is 0. The van der Waals surface area contributed by atoms with Crippen LogP contribution in [0.25, 0.3) is 16.9 Å². The standard InChI is InChI=1S/C26H23FN2O2/c1-18-24(26(30)28-17-19-7-4-3-5-8-19)16-25(20-9-6-10-23(15-20)31-2)29(18)22-13-11-21(27)12-14-22/h3-16H,17H2,1-2H3,(H,28,30). The number of benzene rings is 3. The Balaban J connectivity index is 1.76. The Morgan fingerprint density at radius 2 is 1.71 bits per heavy atom. The van der Waals surface area contributed by atoms with Crippen LogP contribution in [0.4, 0.5) is 4.39 Å². The first-order valence-corrected chi connectivity index (χ1v) is 10.0. The highest BCUT2D eigenvalue weighted by Crippen LogP contribution is 2.31. The molecule has 4 aromatic rings. The van der Waals surface area contributed by atoms with E-state index in [1.807, 2.05) is 72.2 Å². The molecule has 1 N–H and O–H groups in total. The number of amides is 1. The molecule has 0 aliphatic rings. The number of aromatic nitrogens is 1. The number of carbonyl (C=O) groups is 1. The number of carbonyl (C=O) groups excluding carboxylic acids is 1. The van der Waals surface area contributed by atoms with Crippen molar-refractivity contribution in [2.45, 2.75) is 13.5 Å². The Bertz CT molecular complexity index is 1200. The molecule has 0 saturated heterocycles. The molecule has 5 heteroatoms. The van der Waals surface area contributed by atoms with Gasteiger partial charge in [-0.3, -0.25) is 4.79 Å². The van der Waals surface area contributed by atoms with Crippen molar-refractivity contribution in [3.63, 3.8) is 0 Å². The number of halogens is 1. The summed E-state index contributed by atoms with van der Waals surface area (Å²) in [5.41, 5.74) is 4.87. The quantitative estimate of drug-likeness (QED) is 0.451. The minimum Gasteiger partial charge on any atom is -0.497 e. The van der Waals surface area contributed by atoms with Crippen LogP contribution in [-0.4, -0.2) is 17.6 Å². The lowest BCUT2D eigenvalue weighted by Crippen LogP contribution is -2.23. The largest absolute Gasteiger partial charge is 0.497 e. The first-order valence-electron chi connectivity index (χ1n) is 10.0. The third-order valence-electron chi connectivity index (χ3n) is 5.24. The van der Waals surface area contributed by atoms with Gasteiger partial charge in [-0.05, 0) is 55.0 Å². The summed E-state index contributed by atoms with van der Waals surface area (Å²) < 4.78 is 20.9. The van der Waals surface area contributed by atoms with Crippen LogP contribution in [0, 0.1) is 12.7 Å². The van der Waals surface area contributed by atoms with Gasteiger partial charge in [-0.2, -0.15) is 0 Å². The van der Waals surface area contributed by atoms with Gasteiger partial charge in [0.15, 0.2) is 0 Å². The Kier molecular flexibility index (Phi) is 5.85. The Morgan fingerprint density at radius 3 is 2.42 bits per heavy atom. The minimum atomic E-state index is -0.308.